The number of hydrogen-bond acceptors (Lipinski definition) is 1. The number of allylic oxidation sites excluding steroid dienone is 2. The van der Waals surface area contributed by atoms with Crippen LogP contribution < -0.4 is 0 Å². The Balaban J connectivity index is 2.16. The van der Waals surface area contributed by atoms with E-state index in [0.717, 1.165) is 0 Å². The normalized spacial score (nSPS) is 16.4. The Morgan fingerprint density at radius 3 is 2.75 bits per heavy atom. The molecule has 1 aliphatic rings. The molecule has 1 aliphatic carbocycles. The van der Waals surface area contributed by atoms with Crippen LogP contribution in [0, 0.1) is 0 Å². The zero-order valence-corrected chi connectivity index (χ0v) is 11.4. The molecule has 16 heavy (non-hydrogen) atoms. The molecule has 1 heterocycles. The Morgan fingerprint density at radius 1 is 1.12 bits per heavy atom. The van der Waals surface area contributed by atoms with Crippen molar-refractivity contribution in [3.8, 4) is 0 Å². The second-order valence-electron chi connectivity index (χ2n) is 4.22. The molecule has 0 bridgehead atoms. The Morgan fingerprint density at radius 2 is 2.00 bits per heavy atom. The molecule has 0 unspecified atom stereocenters. The maximum Gasteiger partial charge on any atom is 0.0454 e. The van der Waals surface area contributed by atoms with E-state index in [1.54, 1.807) is 5.57 Å². The van der Waals surface area contributed by atoms with Crippen LogP contribution in [0.1, 0.15) is 30.6 Å². The third-order valence-corrected chi connectivity index (χ3v) is 5.45. The molecular formula is C14H13BrS. The molecule has 2 heteroatoms. The summed E-state index contributed by atoms with van der Waals surface area (Å²) in [5.74, 6) is 0. The van der Waals surface area contributed by atoms with Gasteiger partial charge in [0.1, 0.15) is 0 Å². The summed E-state index contributed by atoms with van der Waals surface area (Å²) in [6.45, 7) is 0. The van der Waals surface area contributed by atoms with Crippen molar-refractivity contribution in [2.75, 3.05) is 0 Å². The summed E-state index contributed by atoms with van der Waals surface area (Å²) in [5, 5.41) is 1.36. The molecule has 0 saturated carbocycles. The van der Waals surface area contributed by atoms with Crippen LogP contribution in [0.3, 0.4) is 0 Å². The Bertz CT molecular complexity index is 551. The van der Waals surface area contributed by atoms with Crippen LogP contribution in [0.4, 0.5) is 0 Å². The van der Waals surface area contributed by atoms with Gasteiger partial charge in [-0.25, -0.2) is 0 Å². The third-order valence-electron chi connectivity index (χ3n) is 3.12. The third kappa shape index (κ3) is 1.74. The van der Waals surface area contributed by atoms with Crippen molar-refractivity contribution >= 4 is 42.9 Å². The molecule has 2 aromatic rings. The second kappa shape index (κ2) is 4.34. The summed E-state index contributed by atoms with van der Waals surface area (Å²) in [6.07, 6.45) is 7.60. The molecular weight excluding hydrogens is 280 g/mol. The first kappa shape index (κ1) is 10.5. The van der Waals surface area contributed by atoms with Gasteiger partial charge in [0, 0.05) is 19.4 Å². The zero-order chi connectivity index (χ0) is 11.0. The van der Waals surface area contributed by atoms with Crippen LogP contribution in [0.5, 0.6) is 0 Å². The van der Waals surface area contributed by atoms with E-state index in [-0.39, 0.29) is 0 Å². The van der Waals surface area contributed by atoms with Crippen molar-refractivity contribution in [1.29, 1.82) is 0 Å². The molecule has 3 rings (SSSR count). The first-order chi connectivity index (χ1) is 7.86. The van der Waals surface area contributed by atoms with Gasteiger partial charge in [-0.2, -0.15) is 0 Å². The summed E-state index contributed by atoms with van der Waals surface area (Å²) in [5.41, 5.74) is 1.54. The maximum atomic E-state index is 3.76. The fourth-order valence-electron chi connectivity index (χ4n) is 2.26. The lowest BCUT2D eigenvalue weighted by Gasteiger charge is -2.11. The van der Waals surface area contributed by atoms with Crippen LogP contribution in [-0.4, -0.2) is 0 Å². The Hall–Kier alpha value is -0.600. The quantitative estimate of drug-likeness (QED) is 0.640. The van der Waals surface area contributed by atoms with Gasteiger partial charge in [0.05, 0.1) is 0 Å². The lowest BCUT2D eigenvalue weighted by atomic mass is 9.98. The van der Waals surface area contributed by atoms with Gasteiger partial charge in [0.25, 0.3) is 0 Å². The lowest BCUT2D eigenvalue weighted by Crippen LogP contribution is -1.89. The van der Waals surface area contributed by atoms with Gasteiger partial charge in [0.15, 0.2) is 0 Å². The van der Waals surface area contributed by atoms with Crippen LogP contribution in [0.25, 0.3) is 15.7 Å². The number of benzene rings is 1. The summed E-state index contributed by atoms with van der Waals surface area (Å²) in [4.78, 5) is 1.45. The van der Waals surface area contributed by atoms with Crippen LogP contribution in [-0.2, 0) is 0 Å². The van der Waals surface area contributed by atoms with Gasteiger partial charge in [-0.05, 0) is 53.3 Å². The highest BCUT2D eigenvalue weighted by molar-refractivity contribution is 9.10. The second-order valence-corrected chi connectivity index (χ2v) is 6.06. The van der Waals surface area contributed by atoms with E-state index in [4.69, 9.17) is 0 Å². The molecule has 0 radical (unpaired) electrons. The highest BCUT2D eigenvalue weighted by atomic mass is 79.9. The topological polar surface area (TPSA) is 0 Å². The molecule has 0 saturated heterocycles. The van der Waals surface area contributed by atoms with Crippen molar-refractivity contribution in [2.45, 2.75) is 25.7 Å². The lowest BCUT2D eigenvalue weighted by molar-refractivity contribution is 0.743. The smallest absolute Gasteiger partial charge is 0.0454 e. The monoisotopic (exact) mass is 292 g/mol. The van der Waals surface area contributed by atoms with Crippen LogP contribution >= 0.6 is 27.3 Å². The minimum Gasteiger partial charge on any atom is -0.134 e. The van der Waals surface area contributed by atoms with Crippen molar-refractivity contribution in [2.24, 2.45) is 0 Å². The largest absolute Gasteiger partial charge is 0.134 e. The molecule has 0 fully saturated rings. The molecule has 0 spiro atoms. The molecule has 0 aliphatic heterocycles. The molecule has 82 valence electrons. The molecule has 0 atom stereocenters. The fourth-order valence-corrected chi connectivity index (χ4v) is 4.40. The molecule has 1 aromatic heterocycles. The van der Waals surface area contributed by atoms with Crippen molar-refractivity contribution in [3.63, 3.8) is 0 Å². The van der Waals surface area contributed by atoms with E-state index in [0.29, 0.717) is 0 Å². The van der Waals surface area contributed by atoms with Gasteiger partial charge in [-0.1, -0.05) is 24.3 Å². The van der Waals surface area contributed by atoms with Crippen molar-refractivity contribution < 1.29 is 0 Å². The number of halogens is 1. The Labute approximate surface area is 108 Å². The number of fused-ring (bicyclic) bond motifs is 1. The number of rotatable bonds is 1. The summed E-state index contributed by atoms with van der Waals surface area (Å²) in [7, 11) is 0. The predicted octanol–water partition coefficient (Wildman–Crippen LogP) is 5.62. The average molecular weight is 293 g/mol. The van der Waals surface area contributed by atoms with Gasteiger partial charge >= 0.3 is 0 Å². The average Bonchev–Trinajstić information content (AvgIpc) is 2.69. The molecule has 0 amide bonds. The summed E-state index contributed by atoms with van der Waals surface area (Å²) < 4.78 is 2.68. The minimum absolute atomic E-state index is 1.24. The van der Waals surface area contributed by atoms with E-state index in [2.05, 4.69) is 46.3 Å². The SMILES string of the molecule is Brc1c(C2=CCCCC2)sc2ccccc12. The molecule has 0 N–H and O–H groups in total. The van der Waals surface area contributed by atoms with Crippen LogP contribution in [0.15, 0.2) is 34.8 Å². The van der Waals surface area contributed by atoms with Gasteiger partial charge < -0.3 is 0 Å². The first-order valence-electron chi connectivity index (χ1n) is 5.73. The number of thiophene rings is 1. The van der Waals surface area contributed by atoms with Crippen LogP contribution in [0.2, 0.25) is 0 Å². The zero-order valence-electron chi connectivity index (χ0n) is 9.00. The van der Waals surface area contributed by atoms with Gasteiger partial charge in [-0.15, -0.1) is 11.3 Å². The van der Waals surface area contributed by atoms with E-state index < -0.39 is 0 Å². The van der Waals surface area contributed by atoms with E-state index in [1.807, 2.05) is 11.3 Å². The minimum atomic E-state index is 1.24. The standard InChI is InChI=1S/C14H13BrS/c15-13-11-8-4-5-9-12(11)16-14(13)10-6-2-1-3-7-10/h4-6,8-9H,1-3,7H2. The Kier molecular flexibility index (Phi) is 2.86. The highest BCUT2D eigenvalue weighted by Crippen LogP contribution is 2.42. The fraction of sp³-hybridized carbons (Fsp3) is 0.286. The van der Waals surface area contributed by atoms with E-state index >= 15 is 0 Å². The predicted molar refractivity (Wildman–Crippen MR) is 76.0 cm³/mol. The molecule has 1 aromatic carbocycles. The van der Waals surface area contributed by atoms with Crippen molar-refractivity contribution in [1.82, 2.24) is 0 Å². The van der Waals surface area contributed by atoms with E-state index in [1.165, 1.54) is 45.1 Å². The van der Waals surface area contributed by atoms with Crippen molar-refractivity contribution in [3.05, 3.63) is 39.7 Å². The van der Waals surface area contributed by atoms with Gasteiger partial charge in [0.2, 0.25) is 0 Å². The number of hydrogen-bond donors (Lipinski definition) is 0. The van der Waals surface area contributed by atoms with Gasteiger partial charge in [-0.3, -0.25) is 0 Å². The summed E-state index contributed by atoms with van der Waals surface area (Å²) >= 11 is 5.67. The van der Waals surface area contributed by atoms with E-state index in [9.17, 15) is 0 Å². The molecule has 0 nitrogen and oxygen atoms in total. The first-order valence-corrected chi connectivity index (χ1v) is 7.33. The summed E-state index contributed by atoms with van der Waals surface area (Å²) in [6, 6.07) is 8.63. The maximum absolute atomic E-state index is 3.76. The highest BCUT2D eigenvalue weighted by Gasteiger charge is 2.14.